The van der Waals surface area contributed by atoms with Crippen LogP contribution in [-0.2, 0) is 0 Å². The lowest BCUT2D eigenvalue weighted by Crippen LogP contribution is -2.14. The summed E-state index contributed by atoms with van der Waals surface area (Å²) >= 11 is 3.50. The third-order valence-corrected chi connectivity index (χ3v) is 3.62. The molecule has 1 unspecified atom stereocenters. The van der Waals surface area contributed by atoms with Gasteiger partial charge in [0.05, 0.1) is 6.61 Å². The molecule has 1 rings (SSSR count). The third kappa shape index (κ3) is 4.99. The van der Waals surface area contributed by atoms with E-state index in [4.69, 9.17) is 4.74 Å². The predicted molar refractivity (Wildman–Crippen MR) is 81.3 cm³/mol. The summed E-state index contributed by atoms with van der Waals surface area (Å²) in [5.41, 5.74) is 1.22. The lowest BCUT2D eigenvalue weighted by Gasteiger charge is -2.17. The molecule has 0 spiro atoms. The van der Waals surface area contributed by atoms with Gasteiger partial charge >= 0.3 is 0 Å². The van der Waals surface area contributed by atoms with Gasteiger partial charge in [-0.3, -0.25) is 0 Å². The van der Waals surface area contributed by atoms with Crippen LogP contribution in [0.5, 0.6) is 5.75 Å². The van der Waals surface area contributed by atoms with Crippen LogP contribution < -0.4 is 10.1 Å². The van der Waals surface area contributed by atoms with Crippen molar-refractivity contribution in [1.82, 2.24) is 5.32 Å². The van der Waals surface area contributed by atoms with Gasteiger partial charge in [-0.2, -0.15) is 0 Å². The Morgan fingerprint density at radius 2 is 2.06 bits per heavy atom. The molecule has 0 radical (unpaired) electrons. The van der Waals surface area contributed by atoms with Crippen LogP contribution in [0.25, 0.3) is 0 Å². The SMILES string of the molecule is CCCCCCOc1cc(Br)ccc1C(C)NC. The minimum atomic E-state index is 0.309. The molecule has 1 aromatic rings. The maximum absolute atomic E-state index is 5.92. The van der Waals surface area contributed by atoms with Crippen LogP contribution in [0.15, 0.2) is 22.7 Å². The molecule has 0 saturated heterocycles. The fourth-order valence-electron chi connectivity index (χ4n) is 1.86. The summed E-state index contributed by atoms with van der Waals surface area (Å²) in [7, 11) is 1.97. The van der Waals surface area contributed by atoms with Crippen LogP contribution in [0, 0.1) is 0 Å². The second-order valence-electron chi connectivity index (χ2n) is 4.60. The van der Waals surface area contributed by atoms with E-state index in [-0.39, 0.29) is 0 Å². The Morgan fingerprint density at radius 3 is 2.72 bits per heavy atom. The maximum Gasteiger partial charge on any atom is 0.125 e. The van der Waals surface area contributed by atoms with E-state index in [1.165, 1.54) is 24.8 Å². The zero-order valence-corrected chi connectivity index (χ0v) is 13.2. The van der Waals surface area contributed by atoms with Gasteiger partial charge in [0.1, 0.15) is 5.75 Å². The largest absolute Gasteiger partial charge is 0.493 e. The number of rotatable bonds is 8. The molecular weight excluding hydrogens is 290 g/mol. The summed E-state index contributed by atoms with van der Waals surface area (Å²) in [5, 5.41) is 3.26. The Bertz CT molecular complexity index is 354. The zero-order chi connectivity index (χ0) is 13.4. The third-order valence-electron chi connectivity index (χ3n) is 3.13. The molecule has 0 bridgehead atoms. The first-order valence-corrected chi connectivity index (χ1v) is 7.57. The maximum atomic E-state index is 5.92. The van der Waals surface area contributed by atoms with Crippen LogP contribution >= 0.6 is 15.9 Å². The molecule has 1 aromatic carbocycles. The zero-order valence-electron chi connectivity index (χ0n) is 11.6. The second kappa shape index (κ2) is 8.54. The molecule has 0 amide bonds. The minimum absolute atomic E-state index is 0.309. The highest BCUT2D eigenvalue weighted by Gasteiger charge is 2.10. The number of hydrogen-bond acceptors (Lipinski definition) is 2. The van der Waals surface area contributed by atoms with Gasteiger partial charge in [0.2, 0.25) is 0 Å². The van der Waals surface area contributed by atoms with Crippen LogP contribution in [0.1, 0.15) is 51.1 Å². The van der Waals surface area contributed by atoms with Gasteiger partial charge in [-0.15, -0.1) is 0 Å². The highest BCUT2D eigenvalue weighted by Crippen LogP contribution is 2.28. The lowest BCUT2D eigenvalue weighted by atomic mass is 10.1. The lowest BCUT2D eigenvalue weighted by molar-refractivity contribution is 0.299. The molecule has 0 saturated carbocycles. The smallest absolute Gasteiger partial charge is 0.125 e. The van der Waals surface area contributed by atoms with Crippen molar-refractivity contribution in [2.45, 2.75) is 45.6 Å². The van der Waals surface area contributed by atoms with Crippen molar-refractivity contribution >= 4 is 15.9 Å². The average Bonchev–Trinajstić information content (AvgIpc) is 2.38. The van der Waals surface area contributed by atoms with Crippen molar-refractivity contribution in [3.63, 3.8) is 0 Å². The minimum Gasteiger partial charge on any atom is -0.493 e. The van der Waals surface area contributed by atoms with Crippen molar-refractivity contribution in [2.75, 3.05) is 13.7 Å². The van der Waals surface area contributed by atoms with E-state index < -0.39 is 0 Å². The summed E-state index contributed by atoms with van der Waals surface area (Å²) in [6.07, 6.45) is 4.94. The number of hydrogen-bond donors (Lipinski definition) is 1. The van der Waals surface area contributed by atoms with E-state index in [1.54, 1.807) is 0 Å². The van der Waals surface area contributed by atoms with Crippen molar-refractivity contribution in [3.8, 4) is 5.75 Å². The van der Waals surface area contributed by atoms with Gasteiger partial charge in [-0.25, -0.2) is 0 Å². The molecule has 0 aliphatic carbocycles. The quantitative estimate of drug-likeness (QED) is 0.703. The van der Waals surface area contributed by atoms with Crippen LogP contribution in [0.4, 0.5) is 0 Å². The Balaban J connectivity index is 2.59. The first-order chi connectivity index (χ1) is 8.69. The number of unbranched alkanes of at least 4 members (excludes halogenated alkanes) is 3. The number of ether oxygens (including phenoxy) is 1. The topological polar surface area (TPSA) is 21.3 Å². The fourth-order valence-corrected chi connectivity index (χ4v) is 2.20. The monoisotopic (exact) mass is 313 g/mol. The van der Waals surface area contributed by atoms with E-state index >= 15 is 0 Å². The Labute approximate surface area is 119 Å². The second-order valence-corrected chi connectivity index (χ2v) is 5.52. The molecule has 0 aliphatic rings. The van der Waals surface area contributed by atoms with Gasteiger partial charge in [0.15, 0.2) is 0 Å². The molecule has 0 aliphatic heterocycles. The van der Waals surface area contributed by atoms with E-state index in [2.05, 4.69) is 53.3 Å². The number of nitrogens with one attached hydrogen (secondary N) is 1. The number of benzene rings is 1. The Kier molecular flexibility index (Phi) is 7.36. The van der Waals surface area contributed by atoms with Crippen LogP contribution in [-0.4, -0.2) is 13.7 Å². The van der Waals surface area contributed by atoms with Gasteiger partial charge < -0.3 is 10.1 Å². The summed E-state index contributed by atoms with van der Waals surface area (Å²) in [6.45, 7) is 5.18. The predicted octanol–water partition coefficient (Wildman–Crippen LogP) is 4.69. The van der Waals surface area contributed by atoms with Gasteiger partial charge in [-0.1, -0.05) is 48.2 Å². The fraction of sp³-hybridized carbons (Fsp3) is 0.600. The van der Waals surface area contributed by atoms with Gasteiger partial charge in [0, 0.05) is 16.1 Å². The van der Waals surface area contributed by atoms with E-state index in [9.17, 15) is 0 Å². The summed E-state index contributed by atoms with van der Waals surface area (Å²) in [6, 6.07) is 6.55. The van der Waals surface area contributed by atoms with Crippen molar-refractivity contribution in [2.24, 2.45) is 0 Å². The normalized spacial score (nSPS) is 12.4. The Hall–Kier alpha value is -0.540. The average molecular weight is 314 g/mol. The van der Waals surface area contributed by atoms with E-state index in [0.717, 1.165) is 23.2 Å². The molecule has 1 N–H and O–H groups in total. The summed E-state index contributed by atoms with van der Waals surface area (Å²) in [4.78, 5) is 0. The molecule has 0 heterocycles. The molecule has 18 heavy (non-hydrogen) atoms. The first-order valence-electron chi connectivity index (χ1n) is 6.78. The molecule has 0 fully saturated rings. The van der Waals surface area contributed by atoms with Crippen LogP contribution in [0.3, 0.4) is 0 Å². The highest BCUT2D eigenvalue weighted by atomic mass is 79.9. The van der Waals surface area contributed by atoms with Gasteiger partial charge in [0.25, 0.3) is 0 Å². The Morgan fingerprint density at radius 1 is 1.28 bits per heavy atom. The molecule has 102 valence electrons. The highest BCUT2D eigenvalue weighted by molar-refractivity contribution is 9.10. The molecule has 0 aromatic heterocycles. The standard InChI is InChI=1S/C15H24BrNO/c1-4-5-6-7-10-18-15-11-13(16)8-9-14(15)12(2)17-3/h8-9,11-12,17H,4-7,10H2,1-3H3. The summed E-state index contributed by atoms with van der Waals surface area (Å²) in [5.74, 6) is 0.989. The van der Waals surface area contributed by atoms with E-state index in [0.29, 0.717) is 6.04 Å². The molecule has 3 heteroatoms. The summed E-state index contributed by atoms with van der Waals surface area (Å²) < 4.78 is 6.99. The van der Waals surface area contributed by atoms with Crippen LogP contribution in [0.2, 0.25) is 0 Å². The molecular formula is C15H24BrNO. The molecule has 2 nitrogen and oxygen atoms in total. The molecule has 1 atom stereocenters. The van der Waals surface area contributed by atoms with Gasteiger partial charge in [-0.05, 0) is 32.5 Å². The number of halogens is 1. The van der Waals surface area contributed by atoms with E-state index in [1.807, 2.05) is 7.05 Å². The van der Waals surface area contributed by atoms with Crippen molar-refractivity contribution in [3.05, 3.63) is 28.2 Å². The van der Waals surface area contributed by atoms with Crippen molar-refractivity contribution < 1.29 is 4.74 Å². The first kappa shape index (κ1) is 15.5. The van der Waals surface area contributed by atoms with Crippen molar-refractivity contribution in [1.29, 1.82) is 0 Å².